The first kappa shape index (κ1) is 23.8. The average molecular weight is 507 g/mol. The molecule has 10 nitrogen and oxygen atoms in total. The van der Waals surface area contributed by atoms with Crippen molar-refractivity contribution in [2.45, 2.75) is 9.79 Å². The molecule has 34 heavy (non-hydrogen) atoms. The predicted octanol–water partition coefficient (Wildman–Crippen LogP) is 0.558. The van der Waals surface area contributed by atoms with Crippen molar-refractivity contribution in [2.75, 3.05) is 24.7 Å². The third-order valence-electron chi connectivity index (χ3n) is 5.58. The van der Waals surface area contributed by atoms with Gasteiger partial charge in [-0.05, 0) is 12.1 Å². The zero-order chi connectivity index (χ0) is 25.0. The monoisotopic (exact) mass is 506 g/mol. The largest absolute Gasteiger partial charge is 0.506 e. The van der Waals surface area contributed by atoms with Gasteiger partial charge in [0.1, 0.15) is 11.5 Å². The molecule has 0 atom stereocenters. The molecule has 4 N–H and O–H groups in total. The fourth-order valence-corrected chi connectivity index (χ4v) is 7.00. The van der Waals surface area contributed by atoms with E-state index in [1.165, 1.54) is 24.3 Å². The molecular weight excluding hydrogens is 488 g/mol. The highest BCUT2D eigenvalue weighted by molar-refractivity contribution is 7.94. The Balaban J connectivity index is 2.11. The van der Waals surface area contributed by atoms with Crippen molar-refractivity contribution in [1.82, 2.24) is 0 Å². The molecule has 3 aromatic carbocycles. The van der Waals surface area contributed by atoms with E-state index in [0.717, 1.165) is 12.1 Å². The maximum atomic E-state index is 13.3. The lowest BCUT2D eigenvalue weighted by atomic mass is 9.81. The minimum atomic E-state index is -4.43. The van der Waals surface area contributed by atoms with E-state index < -0.39 is 99.5 Å². The van der Waals surface area contributed by atoms with E-state index >= 15 is 0 Å². The molecule has 0 fully saturated rings. The lowest BCUT2D eigenvalue weighted by Gasteiger charge is -2.23. The summed E-state index contributed by atoms with van der Waals surface area (Å²) in [7, 11) is -8.87. The summed E-state index contributed by atoms with van der Waals surface area (Å²) in [6.45, 7) is -1.68. The number of phenols is 2. The number of phenolic OH excluding ortho intramolecular Hbond substituents is 2. The fraction of sp³-hybridized carbons (Fsp3) is 0.182. The SMILES string of the molecule is O=C1c2cc(S(=O)(=O)CCO)c(S(=O)(=O)CCO)cc2C(=O)c2c1c(O)c1ccccc1c2O. The van der Waals surface area contributed by atoms with Gasteiger partial charge in [0, 0.05) is 21.9 Å². The molecule has 0 amide bonds. The summed E-state index contributed by atoms with van der Waals surface area (Å²) in [5, 5.41) is 39.9. The molecule has 0 radical (unpaired) electrons. The van der Waals surface area contributed by atoms with Crippen LogP contribution >= 0.6 is 0 Å². The number of aliphatic hydroxyl groups is 2. The minimum absolute atomic E-state index is 0.0821. The Bertz CT molecular complexity index is 1480. The normalized spacial score (nSPS) is 13.7. The van der Waals surface area contributed by atoms with Crippen LogP contribution in [0.1, 0.15) is 31.8 Å². The zero-order valence-electron chi connectivity index (χ0n) is 17.3. The van der Waals surface area contributed by atoms with E-state index in [1.807, 2.05) is 0 Å². The van der Waals surface area contributed by atoms with Crippen molar-refractivity contribution in [3.63, 3.8) is 0 Å². The van der Waals surface area contributed by atoms with Crippen LogP contribution in [0.2, 0.25) is 0 Å². The van der Waals surface area contributed by atoms with Gasteiger partial charge in [-0.2, -0.15) is 0 Å². The molecule has 0 spiro atoms. The summed E-state index contributed by atoms with van der Waals surface area (Å²) in [6, 6.07) is 7.35. The Hall–Kier alpha value is -3.32. The highest BCUT2D eigenvalue weighted by Crippen LogP contribution is 2.45. The summed E-state index contributed by atoms with van der Waals surface area (Å²) < 4.78 is 51.0. The Morgan fingerprint density at radius 3 is 1.32 bits per heavy atom. The molecule has 3 aromatic rings. The number of sulfone groups is 2. The van der Waals surface area contributed by atoms with Gasteiger partial charge < -0.3 is 20.4 Å². The van der Waals surface area contributed by atoms with Crippen LogP contribution in [-0.4, -0.2) is 73.5 Å². The van der Waals surface area contributed by atoms with Crippen LogP contribution in [0.3, 0.4) is 0 Å². The molecule has 178 valence electrons. The second kappa shape index (κ2) is 8.17. The van der Waals surface area contributed by atoms with Gasteiger partial charge >= 0.3 is 0 Å². The summed E-state index contributed by atoms with van der Waals surface area (Å²) in [5.74, 6) is -4.89. The van der Waals surface area contributed by atoms with Crippen LogP contribution in [0, 0.1) is 0 Å². The number of carbonyl (C=O) groups excluding carboxylic acids is 2. The number of carbonyl (C=O) groups is 2. The van der Waals surface area contributed by atoms with E-state index in [1.54, 1.807) is 0 Å². The molecule has 1 aliphatic rings. The molecule has 0 aliphatic heterocycles. The van der Waals surface area contributed by atoms with Crippen molar-refractivity contribution in [3.05, 3.63) is 58.7 Å². The average Bonchev–Trinajstić information content (AvgIpc) is 2.79. The lowest BCUT2D eigenvalue weighted by Crippen LogP contribution is -2.25. The van der Waals surface area contributed by atoms with Crippen molar-refractivity contribution in [2.24, 2.45) is 0 Å². The number of rotatable bonds is 6. The number of aliphatic hydroxyl groups excluding tert-OH is 2. The Kier molecular flexibility index (Phi) is 5.72. The maximum absolute atomic E-state index is 13.3. The highest BCUT2D eigenvalue weighted by atomic mass is 32.2. The minimum Gasteiger partial charge on any atom is -0.506 e. The number of hydrogen-bond acceptors (Lipinski definition) is 10. The van der Waals surface area contributed by atoms with Gasteiger partial charge in [0.05, 0.1) is 45.6 Å². The van der Waals surface area contributed by atoms with E-state index in [-0.39, 0.29) is 10.8 Å². The first-order valence-electron chi connectivity index (χ1n) is 9.87. The number of fused-ring (bicyclic) bond motifs is 3. The molecule has 0 unspecified atom stereocenters. The van der Waals surface area contributed by atoms with Gasteiger partial charge in [-0.25, -0.2) is 16.8 Å². The molecule has 0 saturated carbocycles. The number of aromatic hydroxyl groups is 2. The van der Waals surface area contributed by atoms with Gasteiger partial charge in [0.2, 0.25) is 0 Å². The lowest BCUT2D eigenvalue weighted by molar-refractivity contribution is 0.0974. The third kappa shape index (κ3) is 3.46. The maximum Gasteiger partial charge on any atom is 0.198 e. The molecule has 0 bridgehead atoms. The van der Waals surface area contributed by atoms with E-state index in [4.69, 9.17) is 10.2 Å². The van der Waals surface area contributed by atoms with E-state index in [9.17, 15) is 36.6 Å². The van der Waals surface area contributed by atoms with Crippen molar-refractivity contribution in [1.29, 1.82) is 0 Å². The Labute approximate surface area is 193 Å². The summed E-state index contributed by atoms with van der Waals surface area (Å²) in [5.41, 5.74) is -2.04. The highest BCUT2D eigenvalue weighted by Gasteiger charge is 2.39. The summed E-state index contributed by atoms with van der Waals surface area (Å²) in [4.78, 5) is 25.0. The van der Waals surface area contributed by atoms with Crippen LogP contribution < -0.4 is 0 Å². The standard InChI is InChI=1S/C22H18O10S2/c23-5-7-33(29,30)15-9-13-14(10-16(15)34(31,32)8-6-24)22(28)18-17(21(13)27)19(25)11-3-1-2-4-12(11)20(18)26/h1-4,9-10,23-26H,5-8H2. The quantitative estimate of drug-likeness (QED) is 0.269. The second-order valence-corrected chi connectivity index (χ2v) is 11.7. The molecule has 0 saturated heterocycles. The van der Waals surface area contributed by atoms with Crippen LogP contribution in [0.25, 0.3) is 10.8 Å². The van der Waals surface area contributed by atoms with Gasteiger partial charge in [-0.3, -0.25) is 9.59 Å². The Morgan fingerprint density at radius 2 is 1.00 bits per heavy atom. The van der Waals surface area contributed by atoms with Crippen LogP contribution in [0.5, 0.6) is 11.5 Å². The van der Waals surface area contributed by atoms with Gasteiger partial charge in [0.25, 0.3) is 0 Å². The Morgan fingerprint density at radius 1 is 0.647 bits per heavy atom. The molecular formula is C22H18O10S2. The van der Waals surface area contributed by atoms with Crippen molar-refractivity contribution in [3.8, 4) is 11.5 Å². The first-order valence-corrected chi connectivity index (χ1v) is 13.2. The molecule has 1 aliphatic carbocycles. The molecule has 12 heteroatoms. The number of benzene rings is 3. The third-order valence-corrected chi connectivity index (χ3v) is 9.16. The smallest absolute Gasteiger partial charge is 0.198 e. The zero-order valence-corrected chi connectivity index (χ0v) is 19.0. The first-order chi connectivity index (χ1) is 16.0. The van der Waals surface area contributed by atoms with Crippen molar-refractivity contribution >= 4 is 42.0 Å². The topological polar surface area (TPSA) is 183 Å². The number of ketones is 2. The van der Waals surface area contributed by atoms with Crippen LogP contribution in [-0.2, 0) is 19.7 Å². The van der Waals surface area contributed by atoms with E-state index in [0.29, 0.717) is 0 Å². The van der Waals surface area contributed by atoms with Crippen LogP contribution in [0.4, 0.5) is 0 Å². The van der Waals surface area contributed by atoms with E-state index in [2.05, 4.69) is 0 Å². The molecule has 0 heterocycles. The number of hydrogen-bond donors (Lipinski definition) is 4. The van der Waals surface area contributed by atoms with Gasteiger partial charge in [-0.1, -0.05) is 24.3 Å². The van der Waals surface area contributed by atoms with Crippen molar-refractivity contribution < 1.29 is 46.9 Å². The summed E-state index contributed by atoms with van der Waals surface area (Å²) >= 11 is 0. The predicted molar refractivity (Wildman–Crippen MR) is 119 cm³/mol. The second-order valence-electron chi connectivity index (χ2n) is 7.58. The summed E-state index contributed by atoms with van der Waals surface area (Å²) in [6.07, 6.45) is 0. The van der Waals surface area contributed by atoms with Crippen LogP contribution in [0.15, 0.2) is 46.2 Å². The fourth-order valence-electron chi connectivity index (χ4n) is 4.00. The molecule has 0 aromatic heterocycles. The van der Waals surface area contributed by atoms with Gasteiger partial charge in [0.15, 0.2) is 31.2 Å². The molecule has 4 rings (SSSR count). The van der Waals surface area contributed by atoms with Gasteiger partial charge in [-0.15, -0.1) is 0 Å².